The molecule has 0 bridgehead atoms. The van der Waals surface area contributed by atoms with Crippen LogP contribution in [0.25, 0.3) is 11.0 Å². The highest BCUT2D eigenvalue weighted by molar-refractivity contribution is 6.00. The maximum absolute atomic E-state index is 12.2. The quantitative estimate of drug-likeness (QED) is 0.856. The summed E-state index contributed by atoms with van der Waals surface area (Å²) in [5.41, 5.74) is 0.969. The number of nitrogens with one attached hydrogen (secondary N) is 1. The van der Waals surface area contributed by atoms with Crippen molar-refractivity contribution in [3.05, 3.63) is 34.2 Å². The molecule has 2 N–H and O–H groups in total. The summed E-state index contributed by atoms with van der Waals surface area (Å²) in [5, 5.41) is 9.19. The van der Waals surface area contributed by atoms with Crippen LogP contribution in [0.15, 0.2) is 23.0 Å². The number of carbonyl (C=O) groups is 1. The van der Waals surface area contributed by atoms with Gasteiger partial charge in [0.2, 0.25) is 0 Å². The van der Waals surface area contributed by atoms with Crippen molar-refractivity contribution in [3.63, 3.8) is 0 Å². The molecule has 0 amide bonds. The number of aromatic carboxylic acids is 1. The molecule has 5 nitrogen and oxygen atoms in total. The zero-order valence-electron chi connectivity index (χ0n) is 12.7. The molecule has 1 aromatic heterocycles. The molecule has 0 radical (unpaired) electrons. The first-order chi connectivity index (χ1) is 9.91. The van der Waals surface area contributed by atoms with Crippen LogP contribution in [0.2, 0.25) is 0 Å². The molecule has 1 atom stereocenters. The van der Waals surface area contributed by atoms with E-state index in [2.05, 4.69) is 18.8 Å². The van der Waals surface area contributed by atoms with E-state index in [1.165, 1.54) is 6.07 Å². The summed E-state index contributed by atoms with van der Waals surface area (Å²) in [5.74, 6) is -0.378. The lowest BCUT2D eigenvalue weighted by molar-refractivity contribution is 0.0699. The van der Waals surface area contributed by atoms with Crippen LogP contribution < -0.4 is 5.69 Å². The van der Waals surface area contributed by atoms with Crippen molar-refractivity contribution in [2.75, 3.05) is 0 Å². The summed E-state index contributed by atoms with van der Waals surface area (Å²) >= 11 is 0. The molecule has 0 spiro atoms. The van der Waals surface area contributed by atoms with Gasteiger partial charge in [0.25, 0.3) is 0 Å². The van der Waals surface area contributed by atoms with Gasteiger partial charge >= 0.3 is 11.7 Å². The number of carboxylic acids is 1. The Hall–Kier alpha value is -2.04. The Kier molecular flexibility index (Phi) is 4.50. The van der Waals surface area contributed by atoms with E-state index in [0.29, 0.717) is 17.0 Å². The minimum atomic E-state index is -1.03. The number of hydrogen-bond acceptors (Lipinski definition) is 2. The summed E-state index contributed by atoms with van der Waals surface area (Å²) in [4.78, 5) is 26.1. The third kappa shape index (κ3) is 3.17. The molecule has 1 heterocycles. The van der Waals surface area contributed by atoms with Gasteiger partial charge in [0.05, 0.1) is 16.6 Å². The van der Waals surface area contributed by atoms with Crippen molar-refractivity contribution in [3.8, 4) is 0 Å². The average Bonchev–Trinajstić information content (AvgIpc) is 2.73. The van der Waals surface area contributed by atoms with E-state index in [-0.39, 0.29) is 17.3 Å². The minimum absolute atomic E-state index is 0.0500. The third-order valence-corrected chi connectivity index (χ3v) is 3.83. The lowest BCUT2D eigenvalue weighted by Crippen LogP contribution is -2.20. The largest absolute Gasteiger partial charge is 0.478 e. The lowest BCUT2D eigenvalue weighted by Gasteiger charge is -2.14. The van der Waals surface area contributed by atoms with Crippen LogP contribution in [0.3, 0.4) is 0 Å². The Labute approximate surface area is 123 Å². The highest BCUT2D eigenvalue weighted by Crippen LogP contribution is 2.22. The Bertz CT molecular complexity index is 697. The number of hydrogen-bond donors (Lipinski definition) is 2. The van der Waals surface area contributed by atoms with Crippen molar-refractivity contribution in [2.24, 2.45) is 5.92 Å². The van der Waals surface area contributed by atoms with Crippen molar-refractivity contribution in [2.45, 2.75) is 46.1 Å². The second kappa shape index (κ2) is 6.16. The number of H-pyrrole nitrogens is 1. The summed E-state index contributed by atoms with van der Waals surface area (Å²) in [6.45, 7) is 6.37. The molecule has 0 aliphatic rings. The van der Waals surface area contributed by atoms with Gasteiger partial charge in [-0.15, -0.1) is 0 Å². The second-order valence-corrected chi connectivity index (χ2v) is 5.98. The fourth-order valence-corrected chi connectivity index (χ4v) is 2.72. The molecule has 1 unspecified atom stereocenters. The van der Waals surface area contributed by atoms with Crippen LogP contribution in [0, 0.1) is 5.92 Å². The van der Waals surface area contributed by atoms with Crippen molar-refractivity contribution in [1.82, 2.24) is 9.55 Å². The van der Waals surface area contributed by atoms with E-state index in [9.17, 15) is 14.7 Å². The number of aromatic nitrogens is 2. The lowest BCUT2D eigenvalue weighted by atomic mass is 10.0. The van der Waals surface area contributed by atoms with Gasteiger partial charge in [-0.3, -0.25) is 4.57 Å². The molecule has 0 aliphatic heterocycles. The number of aromatic amines is 1. The van der Waals surface area contributed by atoms with E-state index in [1.54, 1.807) is 16.7 Å². The molecule has 5 heteroatoms. The van der Waals surface area contributed by atoms with Crippen LogP contribution in [-0.2, 0) is 0 Å². The first-order valence-corrected chi connectivity index (χ1v) is 7.38. The predicted octanol–water partition coefficient (Wildman–Crippen LogP) is 3.42. The standard InChI is InChI=1S/C16H22N2O3/c1-10(2)6-4-7-11(3)18-13-9-5-8-12(15(19)20)14(13)17-16(18)21/h5,8-11H,4,6-7H2,1-3H3,(H,17,21)(H,19,20). The molecule has 0 saturated heterocycles. The molecule has 1 aromatic carbocycles. The summed E-state index contributed by atoms with van der Waals surface area (Å²) in [7, 11) is 0. The number of rotatable bonds is 6. The predicted molar refractivity (Wildman–Crippen MR) is 82.9 cm³/mol. The van der Waals surface area contributed by atoms with E-state index >= 15 is 0 Å². The van der Waals surface area contributed by atoms with Crippen LogP contribution >= 0.6 is 0 Å². The van der Waals surface area contributed by atoms with E-state index in [4.69, 9.17) is 0 Å². The summed E-state index contributed by atoms with van der Waals surface area (Å²) in [6.07, 6.45) is 3.08. The maximum Gasteiger partial charge on any atom is 0.337 e. The van der Waals surface area contributed by atoms with Crippen LogP contribution in [0.1, 0.15) is 56.4 Å². The van der Waals surface area contributed by atoms with Crippen molar-refractivity contribution < 1.29 is 9.90 Å². The molecule has 0 fully saturated rings. The van der Waals surface area contributed by atoms with E-state index in [1.807, 2.05) is 6.92 Å². The van der Waals surface area contributed by atoms with Gasteiger partial charge in [0.15, 0.2) is 0 Å². The van der Waals surface area contributed by atoms with Gasteiger partial charge in [0.1, 0.15) is 0 Å². The van der Waals surface area contributed by atoms with Crippen molar-refractivity contribution >= 4 is 17.0 Å². The number of imidazole rings is 1. The highest BCUT2D eigenvalue weighted by Gasteiger charge is 2.17. The third-order valence-electron chi connectivity index (χ3n) is 3.83. The zero-order chi connectivity index (χ0) is 15.6. The Morgan fingerprint density at radius 2 is 2.00 bits per heavy atom. The average molecular weight is 290 g/mol. The maximum atomic E-state index is 12.2. The molecular formula is C16H22N2O3. The Morgan fingerprint density at radius 1 is 1.29 bits per heavy atom. The molecular weight excluding hydrogens is 268 g/mol. The van der Waals surface area contributed by atoms with Crippen LogP contribution in [0.4, 0.5) is 0 Å². The fourth-order valence-electron chi connectivity index (χ4n) is 2.72. The molecule has 0 saturated carbocycles. The number of carboxylic acid groups (broad SMARTS) is 1. The zero-order valence-corrected chi connectivity index (χ0v) is 12.7. The van der Waals surface area contributed by atoms with Gasteiger partial charge in [-0.1, -0.05) is 32.8 Å². The first-order valence-electron chi connectivity index (χ1n) is 7.38. The van der Waals surface area contributed by atoms with Crippen molar-refractivity contribution in [1.29, 1.82) is 0 Å². The molecule has 2 aromatic rings. The fraction of sp³-hybridized carbons (Fsp3) is 0.500. The Morgan fingerprint density at radius 3 is 2.62 bits per heavy atom. The summed E-state index contributed by atoms with van der Waals surface area (Å²) < 4.78 is 1.67. The second-order valence-electron chi connectivity index (χ2n) is 5.98. The minimum Gasteiger partial charge on any atom is -0.478 e. The van der Waals surface area contributed by atoms with Gasteiger partial charge in [-0.2, -0.15) is 0 Å². The molecule has 0 aliphatic carbocycles. The van der Waals surface area contributed by atoms with E-state index < -0.39 is 5.97 Å². The SMILES string of the molecule is CC(C)CCCC(C)n1c(=O)[nH]c2c(C(=O)O)cccc21. The number of fused-ring (bicyclic) bond motifs is 1. The van der Waals surface area contributed by atoms with Gasteiger partial charge in [-0.25, -0.2) is 9.59 Å². The summed E-state index contributed by atoms with van der Waals surface area (Å²) in [6, 6.07) is 5.03. The number of nitrogens with zero attached hydrogens (tertiary/aromatic N) is 1. The normalized spacial score (nSPS) is 13.0. The number of benzene rings is 1. The first kappa shape index (κ1) is 15.4. The molecule has 114 valence electrons. The van der Waals surface area contributed by atoms with Gasteiger partial charge in [-0.05, 0) is 31.4 Å². The Balaban J connectivity index is 2.36. The molecule has 2 rings (SSSR count). The van der Waals surface area contributed by atoms with Gasteiger partial charge < -0.3 is 10.1 Å². The van der Waals surface area contributed by atoms with E-state index in [0.717, 1.165) is 19.3 Å². The van der Waals surface area contributed by atoms with Crippen LogP contribution in [0.5, 0.6) is 0 Å². The smallest absolute Gasteiger partial charge is 0.337 e. The highest BCUT2D eigenvalue weighted by atomic mass is 16.4. The van der Waals surface area contributed by atoms with Gasteiger partial charge in [0, 0.05) is 6.04 Å². The monoisotopic (exact) mass is 290 g/mol. The molecule has 21 heavy (non-hydrogen) atoms. The topological polar surface area (TPSA) is 75.1 Å². The number of para-hydroxylation sites is 1. The van der Waals surface area contributed by atoms with Crippen LogP contribution in [-0.4, -0.2) is 20.6 Å².